The Morgan fingerprint density at radius 3 is 2.82 bits per heavy atom. The molecule has 0 aliphatic carbocycles. The highest BCUT2D eigenvalue weighted by molar-refractivity contribution is 9.10. The fourth-order valence-electron chi connectivity index (χ4n) is 1.32. The van der Waals surface area contributed by atoms with Crippen molar-refractivity contribution in [1.82, 2.24) is 0 Å². The highest BCUT2D eigenvalue weighted by Gasteiger charge is 2.17. The number of nitriles is 1. The summed E-state index contributed by atoms with van der Waals surface area (Å²) in [6.45, 7) is 2.41. The molecule has 1 aliphatic heterocycles. The lowest BCUT2D eigenvalue weighted by Crippen LogP contribution is -2.21. The summed E-state index contributed by atoms with van der Waals surface area (Å²) in [7, 11) is 0. The third-order valence-electron chi connectivity index (χ3n) is 2.14. The lowest BCUT2D eigenvalue weighted by molar-refractivity contribution is -0.0252. The molecule has 1 aromatic carbocycles. The second kappa shape index (κ2) is 5.11. The Balaban J connectivity index is 2.31. The minimum Gasteiger partial charge on any atom is -0.494 e. The predicted molar refractivity (Wildman–Crippen MR) is 64.7 cm³/mol. The molecule has 88 valence electrons. The smallest absolute Gasteiger partial charge is 0.263 e. The van der Waals surface area contributed by atoms with Gasteiger partial charge in [0, 0.05) is 12.1 Å². The van der Waals surface area contributed by atoms with Crippen molar-refractivity contribution >= 4 is 15.9 Å². The van der Waals surface area contributed by atoms with Crippen molar-refractivity contribution in [1.29, 1.82) is 5.26 Å². The van der Waals surface area contributed by atoms with Gasteiger partial charge in [0.05, 0.1) is 22.9 Å². The van der Waals surface area contributed by atoms with Crippen LogP contribution in [0.25, 0.3) is 0 Å². The normalized spacial score (nSPS) is 16.6. The molecule has 2 rings (SSSR count). The second-order valence-electron chi connectivity index (χ2n) is 3.28. The van der Waals surface area contributed by atoms with Crippen molar-refractivity contribution in [2.24, 2.45) is 0 Å². The van der Waals surface area contributed by atoms with Crippen molar-refractivity contribution in [3.63, 3.8) is 0 Å². The number of hydrogen-bond acceptors (Lipinski definition) is 4. The molecule has 17 heavy (non-hydrogen) atoms. The first-order valence-electron chi connectivity index (χ1n) is 5.10. The third kappa shape index (κ3) is 2.53. The molecule has 0 amide bonds. The average Bonchev–Trinajstić information content (AvgIpc) is 2.27. The van der Waals surface area contributed by atoms with Crippen LogP contribution in [-0.4, -0.2) is 12.9 Å². The predicted octanol–water partition coefficient (Wildman–Crippen LogP) is 2.97. The lowest BCUT2D eigenvalue weighted by Gasteiger charge is -2.22. The van der Waals surface area contributed by atoms with E-state index in [0.29, 0.717) is 28.1 Å². The Labute approximate surface area is 108 Å². The maximum absolute atomic E-state index is 9.00. The van der Waals surface area contributed by atoms with E-state index in [1.165, 1.54) is 0 Å². The van der Waals surface area contributed by atoms with E-state index < -0.39 is 6.29 Å². The second-order valence-corrected chi connectivity index (χ2v) is 4.07. The van der Waals surface area contributed by atoms with Crippen molar-refractivity contribution in [3.8, 4) is 17.6 Å². The molecule has 0 fully saturated rings. The molecular weight excluding hydrogens is 286 g/mol. The molecule has 0 saturated carbocycles. The van der Waals surface area contributed by atoms with Gasteiger partial charge >= 0.3 is 0 Å². The molecule has 0 saturated heterocycles. The molecule has 0 spiro atoms. The van der Waals surface area contributed by atoms with Crippen LogP contribution in [0.4, 0.5) is 0 Å². The first kappa shape index (κ1) is 11.8. The van der Waals surface area contributed by atoms with Gasteiger partial charge in [0.1, 0.15) is 17.6 Å². The molecule has 1 heterocycles. The van der Waals surface area contributed by atoms with Crippen molar-refractivity contribution < 1.29 is 14.2 Å². The zero-order chi connectivity index (χ0) is 12.3. The maximum atomic E-state index is 9.00. The summed E-state index contributed by atoms with van der Waals surface area (Å²) in [5.41, 5.74) is 0.467. The first-order chi connectivity index (χ1) is 8.24. The van der Waals surface area contributed by atoms with Gasteiger partial charge in [0.2, 0.25) is 0 Å². The number of ether oxygens (including phenoxy) is 3. The van der Waals surface area contributed by atoms with Crippen LogP contribution in [0.3, 0.4) is 0 Å². The summed E-state index contributed by atoms with van der Waals surface area (Å²) >= 11 is 3.33. The quantitative estimate of drug-likeness (QED) is 0.857. The minimum absolute atomic E-state index is 0.394. The minimum atomic E-state index is -0.394. The number of rotatable bonds is 4. The molecule has 1 aliphatic rings. The van der Waals surface area contributed by atoms with Gasteiger partial charge in [0.15, 0.2) is 0 Å². The highest BCUT2D eigenvalue weighted by atomic mass is 79.9. The van der Waals surface area contributed by atoms with Crippen LogP contribution in [0.1, 0.15) is 12.5 Å². The Bertz CT molecular complexity index is 493. The SMILES string of the molecule is CCOc1cc(C#N)c(Br)c(OC2C=CO2)c1. The molecule has 1 atom stereocenters. The standard InChI is InChI=1S/C12H10BrNO3/c1-2-15-9-5-8(7-14)12(13)10(6-9)17-11-3-4-16-11/h3-6,11H,2H2,1H3. The summed E-state index contributed by atoms with van der Waals surface area (Å²) in [4.78, 5) is 0. The van der Waals surface area contributed by atoms with Gasteiger partial charge in [-0.2, -0.15) is 5.26 Å². The fraction of sp³-hybridized carbons (Fsp3) is 0.250. The van der Waals surface area contributed by atoms with E-state index in [4.69, 9.17) is 19.5 Å². The van der Waals surface area contributed by atoms with E-state index in [1.54, 1.807) is 24.5 Å². The fourth-order valence-corrected chi connectivity index (χ4v) is 1.74. The van der Waals surface area contributed by atoms with Crippen LogP contribution >= 0.6 is 15.9 Å². The van der Waals surface area contributed by atoms with Crippen molar-refractivity contribution in [3.05, 3.63) is 34.5 Å². The third-order valence-corrected chi connectivity index (χ3v) is 2.95. The monoisotopic (exact) mass is 295 g/mol. The summed E-state index contributed by atoms with van der Waals surface area (Å²) < 4.78 is 16.5. The van der Waals surface area contributed by atoms with Crippen LogP contribution in [0.5, 0.6) is 11.5 Å². The lowest BCUT2D eigenvalue weighted by atomic mass is 10.2. The van der Waals surface area contributed by atoms with Gasteiger partial charge in [-0.1, -0.05) is 0 Å². The van der Waals surface area contributed by atoms with Crippen LogP contribution in [-0.2, 0) is 4.74 Å². The molecule has 0 aromatic heterocycles. The Morgan fingerprint density at radius 2 is 2.29 bits per heavy atom. The Hall–Kier alpha value is -1.67. The van der Waals surface area contributed by atoms with E-state index in [9.17, 15) is 0 Å². The van der Waals surface area contributed by atoms with E-state index in [1.807, 2.05) is 6.92 Å². The number of benzene rings is 1. The molecule has 0 N–H and O–H groups in total. The number of nitrogens with zero attached hydrogens (tertiary/aromatic N) is 1. The molecule has 1 aromatic rings. The largest absolute Gasteiger partial charge is 0.494 e. The zero-order valence-electron chi connectivity index (χ0n) is 9.14. The van der Waals surface area contributed by atoms with E-state index in [2.05, 4.69) is 22.0 Å². The van der Waals surface area contributed by atoms with Gasteiger partial charge in [-0.3, -0.25) is 0 Å². The molecule has 0 radical (unpaired) electrons. The van der Waals surface area contributed by atoms with Crippen molar-refractivity contribution in [2.75, 3.05) is 6.61 Å². The van der Waals surface area contributed by atoms with Crippen molar-refractivity contribution in [2.45, 2.75) is 13.2 Å². The summed E-state index contributed by atoms with van der Waals surface area (Å²) in [5, 5.41) is 9.00. The highest BCUT2D eigenvalue weighted by Crippen LogP contribution is 2.34. The summed E-state index contributed by atoms with van der Waals surface area (Å²) in [6, 6.07) is 5.47. The van der Waals surface area contributed by atoms with Gasteiger partial charge in [-0.25, -0.2) is 0 Å². The van der Waals surface area contributed by atoms with E-state index in [0.717, 1.165) is 0 Å². The van der Waals surface area contributed by atoms with E-state index in [-0.39, 0.29) is 0 Å². The molecule has 1 unspecified atom stereocenters. The first-order valence-corrected chi connectivity index (χ1v) is 5.89. The Kier molecular flexibility index (Phi) is 3.55. The molecule has 0 bridgehead atoms. The van der Waals surface area contributed by atoms with Crippen LogP contribution in [0.2, 0.25) is 0 Å². The average molecular weight is 296 g/mol. The summed E-state index contributed by atoms with van der Waals surface area (Å²) in [6.07, 6.45) is 2.93. The van der Waals surface area contributed by atoms with Crippen LogP contribution in [0.15, 0.2) is 28.9 Å². The zero-order valence-corrected chi connectivity index (χ0v) is 10.7. The number of halogens is 1. The van der Waals surface area contributed by atoms with Crippen LogP contribution < -0.4 is 9.47 Å². The van der Waals surface area contributed by atoms with E-state index >= 15 is 0 Å². The summed E-state index contributed by atoms with van der Waals surface area (Å²) in [5.74, 6) is 1.13. The van der Waals surface area contributed by atoms with Gasteiger partial charge in [-0.15, -0.1) is 0 Å². The van der Waals surface area contributed by atoms with Gasteiger partial charge in [-0.05, 0) is 28.9 Å². The number of hydrogen-bond donors (Lipinski definition) is 0. The maximum Gasteiger partial charge on any atom is 0.263 e. The topological polar surface area (TPSA) is 51.5 Å². The van der Waals surface area contributed by atoms with Crippen LogP contribution in [0, 0.1) is 11.3 Å². The Morgan fingerprint density at radius 1 is 1.53 bits per heavy atom. The molecular formula is C12H10BrNO3. The molecule has 4 nitrogen and oxygen atoms in total. The van der Waals surface area contributed by atoms with Gasteiger partial charge < -0.3 is 14.2 Å². The van der Waals surface area contributed by atoms with Gasteiger partial charge in [0.25, 0.3) is 6.29 Å². The molecule has 5 heteroatoms.